The molecule has 0 spiro atoms. The molecular formula is C21H27IN6. The maximum atomic E-state index is 4.82. The number of nitrogens with zero attached hydrogens (tertiary/aromatic N) is 5. The van der Waals surface area contributed by atoms with Crippen LogP contribution in [-0.4, -0.2) is 32.7 Å². The Balaban J connectivity index is 0.00000280. The van der Waals surface area contributed by atoms with Gasteiger partial charge in [-0.3, -0.25) is 0 Å². The van der Waals surface area contributed by atoms with E-state index >= 15 is 0 Å². The van der Waals surface area contributed by atoms with Crippen LogP contribution < -0.4 is 5.32 Å². The van der Waals surface area contributed by atoms with Gasteiger partial charge in [0.05, 0.1) is 13.1 Å². The van der Waals surface area contributed by atoms with E-state index < -0.39 is 0 Å². The summed E-state index contributed by atoms with van der Waals surface area (Å²) in [7, 11) is 4.02. The minimum absolute atomic E-state index is 0. The van der Waals surface area contributed by atoms with Crippen LogP contribution in [0.5, 0.6) is 0 Å². The molecule has 1 aromatic heterocycles. The molecule has 2 aromatic carbocycles. The lowest BCUT2D eigenvalue weighted by Gasteiger charge is -2.22. The second kappa shape index (κ2) is 10.8. The summed E-state index contributed by atoms with van der Waals surface area (Å²) in [6.07, 6.45) is 0. The van der Waals surface area contributed by atoms with E-state index in [1.807, 2.05) is 49.9 Å². The van der Waals surface area contributed by atoms with E-state index in [9.17, 15) is 0 Å². The molecule has 1 N–H and O–H groups in total. The van der Waals surface area contributed by atoms with Crippen LogP contribution in [0.25, 0.3) is 0 Å². The predicted molar refractivity (Wildman–Crippen MR) is 123 cm³/mol. The van der Waals surface area contributed by atoms with Crippen LogP contribution in [0, 0.1) is 6.92 Å². The number of benzene rings is 2. The van der Waals surface area contributed by atoms with Crippen molar-refractivity contribution >= 4 is 29.9 Å². The normalized spacial score (nSPS) is 11.0. The van der Waals surface area contributed by atoms with Crippen molar-refractivity contribution in [2.24, 2.45) is 12.0 Å². The summed E-state index contributed by atoms with van der Waals surface area (Å²) < 4.78 is 1.99. The zero-order valence-corrected chi connectivity index (χ0v) is 18.9. The van der Waals surface area contributed by atoms with Crippen LogP contribution in [0.15, 0.2) is 65.7 Å². The minimum Gasteiger partial charge on any atom is -0.349 e. The van der Waals surface area contributed by atoms with E-state index in [0.717, 1.165) is 24.2 Å². The van der Waals surface area contributed by atoms with Crippen molar-refractivity contribution in [3.8, 4) is 0 Å². The van der Waals surface area contributed by atoms with Gasteiger partial charge in [0.1, 0.15) is 5.82 Å². The van der Waals surface area contributed by atoms with E-state index in [1.165, 1.54) is 11.1 Å². The highest BCUT2D eigenvalue weighted by Gasteiger charge is 2.10. The SMILES string of the molecule is Cc1nnc(CNC(=NCc2ccccc2)N(C)Cc2ccccc2)n1C.I. The lowest BCUT2D eigenvalue weighted by Crippen LogP contribution is -2.38. The second-order valence-corrected chi connectivity index (χ2v) is 6.54. The molecule has 1 heterocycles. The molecule has 148 valence electrons. The van der Waals surface area contributed by atoms with Crippen molar-refractivity contribution in [3.63, 3.8) is 0 Å². The van der Waals surface area contributed by atoms with Crippen LogP contribution in [0.4, 0.5) is 0 Å². The third-order valence-electron chi connectivity index (χ3n) is 4.47. The number of hydrogen-bond donors (Lipinski definition) is 1. The third kappa shape index (κ3) is 6.05. The average Bonchev–Trinajstić information content (AvgIpc) is 3.01. The predicted octanol–water partition coefficient (Wildman–Crippen LogP) is 3.52. The maximum absolute atomic E-state index is 4.82. The van der Waals surface area contributed by atoms with Gasteiger partial charge in [0.15, 0.2) is 11.8 Å². The Hall–Kier alpha value is -2.42. The van der Waals surface area contributed by atoms with Gasteiger partial charge in [0.2, 0.25) is 0 Å². The summed E-state index contributed by atoms with van der Waals surface area (Å²) in [5.41, 5.74) is 2.42. The minimum atomic E-state index is 0. The van der Waals surface area contributed by atoms with Gasteiger partial charge in [-0.05, 0) is 18.1 Å². The first-order chi connectivity index (χ1) is 13.1. The van der Waals surface area contributed by atoms with Gasteiger partial charge in [0.25, 0.3) is 0 Å². The number of nitrogens with one attached hydrogen (secondary N) is 1. The molecule has 0 atom stereocenters. The first kappa shape index (κ1) is 21.9. The zero-order valence-electron chi connectivity index (χ0n) is 16.5. The molecule has 3 rings (SSSR count). The van der Waals surface area contributed by atoms with Gasteiger partial charge in [-0.15, -0.1) is 34.2 Å². The average molecular weight is 490 g/mol. The topological polar surface area (TPSA) is 58.3 Å². The van der Waals surface area contributed by atoms with Crippen LogP contribution >= 0.6 is 24.0 Å². The summed E-state index contributed by atoms with van der Waals surface area (Å²) in [5.74, 6) is 2.61. The number of aliphatic imine (C=N–C) groups is 1. The van der Waals surface area contributed by atoms with Crippen LogP contribution in [-0.2, 0) is 26.7 Å². The van der Waals surface area contributed by atoms with Crippen molar-refractivity contribution in [3.05, 3.63) is 83.4 Å². The van der Waals surface area contributed by atoms with Crippen LogP contribution in [0.2, 0.25) is 0 Å². The highest BCUT2D eigenvalue weighted by atomic mass is 127. The summed E-state index contributed by atoms with van der Waals surface area (Å²) in [6.45, 7) is 3.92. The van der Waals surface area contributed by atoms with Gasteiger partial charge in [-0.25, -0.2) is 4.99 Å². The Bertz CT molecular complexity index is 876. The maximum Gasteiger partial charge on any atom is 0.194 e. The Morgan fingerprint density at radius 1 is 1.00 bits per heavy atom. The molecule has 0 bridgehead atoms. The highest BCUT2D eigenvalue weighted by Crippen LogP contribution is 2.06. The first-order valence-electron chi connectivity index (χ1n) is 9.05. The number of hydrogen-bond acceptors (Lipinski definition) is 3. The van der Waals surface area contributed by atoms with Crippen molar-refractivity contribution in [2.75, 3.05) is 7.05 Å². The molecule has 0 fully saturated rings. The first-order valence-corrected chi connectivity index (χ1v) is 9.05. The fraction of sp³-hybridized carbons (Fsp3) is 0.286. The number of halogens is 1. The standard InChI is InChI=1S/C21H26N6.HI/c1-17-24-25-20(27(17)3)15-23-21(22-14-18-10-6-4-7-11-18)26(2)16-19-12-8-5-9-13-19;/h4-13H,14-16H2,1-3H3,(H,22,23);1H. The fourth-order valence-electron chi connectivity index (χ4n) is 2.76. The van der Waals surface area contributed by atoms with Gasteiger partial charge < -0.3 is 14.8 Å². The molecule has 0 radical (unpaired) electrons. The molecule has 0 aliphatic heterocycles. The second-order valence-electron chi connectivity index (χ2n) is 6.54. The summed E-state index contributed by atoms with van der Waals surface area (Å²) in [4.78, 5) is 6.94. The Kier molecular flexibility index (Phi) is 8.43. The highest BCUT2D eigenvalue weighted by molar-refractivity contribution is 14.0. The summed E-state index contributed by atoms with van der Waals surface area (Å²) in [5, 5.41) is 11.8. The van der Waals surface area contributed by atoms with Gasteiger partial charge >= 0.3 is 0 Å². The zero-order chi connectivity index (χ0) is 19.1. The molecule has 0 saturated heterocycles. The van der Waals surface area contributed by atoms with Crippen molar-refractivity contribution in [1.82, 2.24) is 25.0 Å². The fourth-order valence-corrected chi connectivity index (χ4v) is 2.76. The van der Waals surface area contributed by atoms with Crippen LogP contribution in [0.1, 0.15) is 22.8 Å². The lowest BCUT2D eigenvalue weighted by atomic mass is 10.2. The molecule has 3 aromatic rings. The summed E-state index contributed by atoms with van der Waals surface area (Å²) >= 11 is 0. The Morgan fingerprint density at radius 3 is 2.18 bits per heavy atom. The van der Waals surface area contributed by atoms with E-state index in [0.29, 0.717) is 13.1 Å². The molecule has 7 heteroatoms. The Morgan fingerprint density at radius 2 is 1.61 bits per heavy atom. The molecule has 0 unspecified atom stereocenters. The molecule has 28 heavy (non-hydrogen) atoms. The number of rotatable bonds is 6. The van der Waals surface area contributed by atoms with Gasteiger partial charge in [-0.1, -0.05) is 60.7 Å². The molecule has 0 aliphatic rings. The molecule has 0 aliphatic carbocycles. The summed E-state index contributed by atoms with van der Waals surface area (Å²) in [6, 6.07) is 20.7. The quantitative estimate of drug-likeness (QED) is 0.327. The molecular weight excluding hydrogens is 463 g/mol. The number of aromatic nitrogens is 3. The lowest BCUT2D eigenvalue weighted by molar-refractivity contribution is 0.472. The smallest absolute Gasteiger partial charge is 0.194 e. The number of aryl methyl sites for hydroxylation is 1. The van der Waals surface area contributed by atoms with Crippen LogP contribution in [0.3, 0.4) is 0 Å². The molecule has 0 amide bonds. The largest absolute Gasteiger partial charge is 0.349 e. The molecule has 6 nitrogen and oxygen atoms in total. The van der Waals surface area contributed by atoms with E-state index in [1.54, 1.807) is 0 Å². The van der Waals surface area contributed by atoms with Crippen molar-refractivity contribution < 1.29 is 0 Å². The monoisotopic (exact) mass is 490 g/mol. The molecule has 0 saturated carbocycles. The van der Waals surface area contributed by atoms with E-state index in [-0.39, 0.29) is 24.0 Å². The Labute approximate surface area is 183 Å². The van der Waals surface area contributed by atoms with Gasteiger partial charge in [-0.2, -0.15) is 0 Å². The van der Waals surface area contributed by atoms with Crippen molar-refractivity contribution in [2.45, 2.75) is 26.6 Å². The van der Waals surface area contributed by atoms with Crippen molar-refractivity contribution in [1.29, 1.82) is 0 Å². The third-order valence-corrected chi connectivity index (χ3v) is 4.47. The van der Waals surface area contributed by atoms with Gasteiger partial charge in [0, 0.05) is 20.6 Å². The van der Waals surface area contributed by atoms with E-state index in [2.05, 4.69) is 56.8 Å². The van der Waals surface area contributed by atoms with E-state index in [4.69, 9.17) is 4.99 Å². The number of guanidine groups is 1.